The molecule has 0 aliphatic carbocycles. The second kappa shape index (κ2) is 5.90. The quantitative estimate of drug-likeness (QED) is 0.762. The number of aromatic amines is 1. The van der Waals surface area contributed by atoms with Crippen LogP contribution in [-0.2, 0) is 0 Å². The smallest absolute Gasteiger partial charge is 0.291 e. The van der Waals surface area contributed by atoms with Crippen LogP contribution in [0.15, 0.2) is 0 Å². The molecule has 0 bridgehead atoms. The highest BCUT2D eigenvalue weighted by Crippen LogP contribution is 2.11. The van der Waals surface area contributed by atoms with Crippen LogP contribution in [0.5, 0.6) is 0 Å². The number of rotatable bonds is 5. The molecule has 94 valence electrons. The molecule has 0 saturated carbocycles. The van der Waals surface area contributed by atoms with Gasteiger partial charge in [-0.1, -0.05) is 0 Å². The topological polar surface area (TPSA) is 73.9 Å². The Hall–Kier alpha value is -1.24. The van der Waals surface area contributed by atoms with Gasteiger partial charge in [0.1, 0.15) is 0 Å². The number of amides is 1. The first kappa shape index (κ1) is 12.2. The van der Waals surface area contributed by atoms with Crippen molar-refractivity contribution >= 4 is 23.6 Å². The maximum absolute atomic E-state index is 12.0. The summed E-state index contributed by atoms with van der Waals surface area (Å²) in [7, 11) is 0. The Kier molecular flexibility index (Phi) is 4.24. The number of carbonyl (C=O) groups is 1. The molecule has 1 aliphatic heterocycles. The Bertz CT molecular complexity index is 375. The van der Waals surface area contributed by atoms with E-state index < -0.39 is 0 Å². The highest BCUT2D eigenvalue weighted by molar-refractivity contribution is 7.98. The van der Waals surface area contributed by atoms with Crippen molar-refractivity contribution in [2.24, 2.45) is 0 Å². The van der Waals surface area contributed by atoms with Gasteiger partial charge in [-0.2, -0.15) is 16.7 Å². The van der Waals surface area contributed by atoms with Crippen LogP contribution in [0.4, 0.5) is 5.95 Å². The van der Waals surface area contributed by atoms with E-state index in [1.165, 1.54) is 0 Å². The summed E-state index contributed by atoms with van der Waals surface area (Å²) in [5, 5.41) is 9.73. The standard InChI is InChI=1S/C10H17N5OS/c1-17-7-4-11-10-12-8(13-14-10)9(16)15-5-2-3-6-15/h2-7H2,1H3,(H2,11,12,13,14). The average Bonchev–Trinajstić information content (AvgIpc) is 3.00. The maximum Gasteiger partial charge on any atom is 0.291 e. The molecule has 2 heterocycles. The Labute approximate surface area is 105 Å². The predicted molar refractivity (Wildman–Crippen MR) is 68.4 cm³/mol. The minimum absolute atomic E-state index is 0.0482. The number of carbonyl (C=O) groups excluding carboxylic acids is 1. The lowest BCUT2D eigenvalue weighted by molar-refractivity contribution is 0.0781. The molecule has 1 fully saturated rings. The summed E-state index contributed by atoms with van der Waals surface area (Å²) >= 11 is 1.75. The van der Waals surface area contributed by atoms with Gasteiger partial charge in [-0.25, -0.2) is 0 Å². The van der Waals surface area contributed by atoms with Crippen molar-refractivity contribution in [1.82, 2.24) is 20.1 Å². The van der Waals surface area contributed by atoms with E-state index in [1.54, 1.807) is 11.8 Å². The molecule has 2 N–H and O–H groups in total. The molecule has 1 amide bonds. The van der Waals surface area contributed by atoms with E-state index in [9.17, 15) is 4.79 Å². The fourth-order valence-corrected chi connectivity index (χ4v) is 2.08. The first-order valence-corrected chi connectivity index (χ1v) is 7.15. The zero-order valence-electron chi connectivity index (χ0n) is 9.90. The zero-order valence-corrected chi connectivity index (χ0v) is 10.7. The molecule has 0 atom stereocenters. The third-order valence-corrected chi connectivity index (χ3v) is 3.28. The van der Waals surface area contributed by atoms with E-state index >= 15 is 0 Å². The van der Waals surface area contributed by atoms with Gasteiger partial charge in [-0.3, -0.25) is 9.89 Å². The zero-order chi connectivity index (χ0) is 12.1. The van der Waals surface area contributed by atoms with Gasteiger partial charge in [0.25, 0.3) is 5.91 Å². The maximum atomic E-state index is 12.0. The minimum atomic E-state index is -0.0482. The van der Waals surface area contributed by atoms with Gasteiger partial charge < -0.3 is 10.2 Å². The molecule has 0 aromatic carbocycles. The lowest BCUT2D eigenvalue weighted by atomic mass is 10.4. The first-order chi connectivity index (χ1) is 8.31. The average molecular weight is 255 g/mol. The Morgan fingerprint density at radius 3 is 3.00 bits per heavy atom. The molecule has 6 nitrogen and oxygen atoms in total. The van der Waals surface area contributed by atoms with Crippen molar-refractivity contribution in [2.45, 2.75) is 12.8 Å². The van der Waals surface area contributed by atoms with Crippen molar-refractivity contribution < 1.29 is 4.79 Å². The van der Waals surface area contributed by atoms with Gasteiger partial charge in [0.2, 0.25) is 11.8 Å². The largest absolute Gasteiger partial charge is 0.352 e. The van der Waals surface area contributed by atoms with E-state index in [0.717, 1.165) is 38.2 Å². The van der Waals surface area contributed by atoms with Crippen molar-refractivity contribution in [3.05, 3.63) is 5.82 Å². The number of anilines is 1. The van der Waals surface area contributed by atoms with Gasteiger partial charge in [-0.15, -0.1) is 5.10 Å². The summed E-state index contributed by atoms with van der Waals surface area (Å²) in [6, 6.07) is 0. The summed E-state index contributed by atoms with van der Waals surface area (Å²) in [6.45, 7) is 2.46. The van der Waals surface area contributed by atoms with Crippen LogP contribution in [0.1, 0.15) is 23.5 Å². The predicted octanol–water partition coefficient (Wildman–Crippen LogP) is 0.816. The van der Waals surface area contributed by atoms with Gasteiger partial charge in [0, 0.05) is 25.4 Å². The molecule has 1 aromatic heterocycles. The molecule has 1 aromatic rings. The molecule has 17 heavy (non-hydrogen) atoms. The number of likely N-dealkylation sites (tertiary alicyclic amines) is 1. The van der Waals surface area contributed by atoms with Crippen LogP contribution in [0, 0.1) is 0 Å². The third-order valence-electron chi connectivity index (χ3n) is 2.67. The summed E-state index contributed by atoms with van der Waals surface area (Å²) in [4.78, 5) is 17.9. The number of nitrogens with one attached hydrogen (secondary N) is 2. The number of H-pyrrole nitrogens is 1. The van der Waals surface area contributed by atoms with E-state index in [2.05, 4.69) is 20.5 Å². The second-order valence-corrected chi connectivity index (χ2v) is 4.91. The fraction of sp³-hybridized carbons (Fsp3) is 0.700. The van der Waals surface area contributed by atoms with Crippen LogP contribution in [0.2, 0.25) is 0 Å². The second-order valence-electron chi connectivity index (χ2n) is 3.93. The fourth-order valence-electron chi connectivity index (χ4n) is 1.77. The summed E-state index contributed by atoms with van der Waals surface area (Å²) in [6.07, 6.45) is 4.21. The Morgan fingerprint density at radius 1 is 1.53 bits per heavy atom. The number of hydrogen-bond acceptors (Lipinski definition) is 5. The van der Waals surface area contributed by atoms with Gasteiger partial charge in [-0.05, 0) is 19.1 Å². The molecule has 2 rings (SSSR count). The summed E-state index contributed by atoms with van der Waals surface area (Å²) in [5.41, 5.74) is 0. The van der Waals surface area contributed by atoms with Gasteiger partial charge in [0.05, 0.1) is 0 Å². The lowest BCUT2D eigenvalue weighted by Crippen LogP contribution is -2.28. The van der Waals surface area contributed by atoms with Crippen molar-refractivity contribution in [3.63, 3.8) is 0 Å². The van der Waals surface area contributed by atoms with Crippen molar-refractivity contribution in [3.8, 4) is 0 Å². The Morgan fingerprint density at radius 2 is 2.29 bits per heavy atom. The Balaban J connectivity index is 1.90. The van der Waals surface area contributed by atoms with Crippen LogP contribution in [-0.4, -0.2) is 57.6 Å². The molecule has 1 saturated heterocycles. The molecule has 0 radical (unpaired) electrons. The molecular weight excluding hydrogens is 238 g/mol. The number of nitrogens with zero attached hydrogens (tertiary/aromatic N) is 3. The van der Waals surface area contributed by atoms with E-state index in [0.29, 0.717) is 11.8 Å². The molecular formula is C10H17N5OS. The normalized spacial score (nSPS) is 15.2. The number of thioether (sulfide) groups is 1. The van der Waals surface area contributed by atoms with Crippen LogP contribution >= 0.6 is 11.8 Å². The van der Waals surface area contributed by atoms with Crippen molar-refractivity contribution in [1.29, 1.82) is 0 Å². The monoisotopic (exact) mass is 255 g/mol. The van der Waals surface area contributed by atoms with Crippen LogP contribution in [0.25, 0.3) is 0 Å². The number of aromatic nitrogens is 3. The highest BCUT2D eigenvalue weighted by Gasteiger charge is 2.22. The van der Waals surface area contributed by atoms with E-state index in [-0.39, 0.29) is 5.91 Å². The summed E-state index contributed by atoms with van der Waals surface area (Å²) in [5.74, 6) is 1.78. The van der Waals surface area contributed by atoms with Gasteiger partial charge in [0.15, 0.2) is 0 Å². The molecule has 7 heteroatoms. The van der Waals surface area contributed by atoms with Crippen LogP contribution in [0.3, 0.4) is 0 Å². The lowest BCUT2D eigenvalue weighted by Gasteiger charge is -2.12. The number of hydrogen-bond donors (Lipinski definition) is 2. The molecule has 0 spiro atoms. The van der Waals surface area contributed by atoms with Crippen molar-refractivity contribution in [2.75, 3.05) is 37.0 Å². The molecule has 1 aliphatic rings. The minimum Gasteiger partial charge on any atom is -0.352 e. The van der Waals surface area contributed by atoms with E-state index in [1.807, 2.05) is 11.2 Å². The summed E-state index contributed by atoms with van der Waals surface area (Å²) < 4.78 is 0. The first-order valence-electron chi connectivity index (χ1n) is 5.76. The van der Waals surface area contributed by atoms with E-state index in [4.69, 9.17) is 0 Å². The SMILES string of the molecule is CSCCNc1n[nH]c(C(=O)N2CCCC2)n1. The highest BCUT2D eigenvalue weighted by atomic mass is 32.2. The molecule has 0 unspecified atom stereocenters. The van der Waals surface area contributed by atoms with Crippen LogP contribution < -0.4 is 5.32 Å². The van der Waals surface area contributed by atoms with Gasteiger partial charge >= 0.3 is 0 Å². The third kappa shape index (κ3) is 3.12.